The number of nitrogens with zero attached hydrogens (tertiary/aromatic N) is 5. The third kappa shape index (κ3) is 4.49. The third-order valence-corrected chi connectivity index (χ3v) is 4.39. The van der Waals surface area contributed by atoms with E-state index in [2.05, 4.69) is 19.6 Å². The molecule has 0 saturated carbocycles. The highest BCUT2D eigenvalue weighted by molar-refractivity contribution is 5.92. The van der Waals surface area contributed by atoms with Crippen LogP contribution in [0.5, 0.6) is 5.75 Å². The lowest BCUT2D eigenvalue weighted by Crippen LogP contribution is -2.31. The predicted molar refractivity (Wildman–Crippen MR) is 102 cm³/mol. The van der Waals surface area contributed by atoms with Crippen molar-refractivity contribution < 1.29 is 27.2 Å². The highest BCUT2D eigenvalue weighted by atomic mass is 19.4. The fourth-order valence-corrected chi connectivity index (χ4v) is 2.79. The van der Waals surface area contributed by atoms with E-state index in [9.17, 15) is 18.0 Å². The first-order valence-corrected chi connectivity index (χ1v) is 9.14. The molecule has 31 heavy (non-hydrogen) atoms. The maximum absolute atomic E-state index is 12.7. The standard InChI is InChI=1S/C20H16F3N5O3/c1-27(9-10-30-14-5-3-2-4-6-14)18(29)15-12-28-8-7-13(11-16(28)24-15)17-25-19(31-26-17)20(21,22)23/h2-8,11-12H,9-10H2,1H3. The lowest BCUT2D eigenvalue weighted by Gasteiger charge is -2.16. The number of amides is 1. The molecule has 4 aromatic rings. The number of fused-ring (bicyclic) bond motifs is 1. The summed E-state index contributed by atoms with van der Waals surface area (Å²) in [7, 11) is 1.63. The fourth-order valence-electron chi connectivity index (χ4n) is 2.79. The van der Waals surface area contributed by atoms with Crippen LogP contribution in [0.25, 0.3) is 17.0 Å². The van der Waals surface area contributed by atoms with Gasteiger partial charge in [0.2, 0.25) is 5.82 Å². The van der Waals surface area contributed by atoms with Gasteiger partial charge in [-0.3, -0.25) is 4.79 Å². The van der Waals surface area contributed by atoms with Crippen molar-refractivity contribution in [1.82, 2.24) is 24.4 Å². The largest absolute Gasteiger partial charge is 0.492 e. The second-order valence-electron chi connectivity index (χ2n) is 6.62. The number of carbonyl (C=O) groups is 1. The van der Waals surface area contributed by atoms with Crippen LogP contribution >= 0.6 is 0 Å². The van der Waals surface area contributed by atoms with Crippen molar-refractivity contribution in [1.29, 1.82) is 0 Å². The number of halogens is 3. The van der Waals surface area contributed by atoms with Gasteiger partial charge < -0.3 is 18.6 Å². The van der Waals surface area contributed by atoms with Gasteiger partial charge in [0, 0.05) is 25.0 Å². The second-order valence-corrected chi connectivity index (χ2v) is 6.62. The van der Waals surface area contributed by atoms with Gasteiger partial charge in [-0.2, -0.15) is 18.2 Å². The van der Waals surface area contributed by atoms with Crippen LogP contribution in [0.4, 0.5) is 13.2 Å². The average Bonchev–Trinajstić information content (AvgIpc) is 3.40. The zero-order chi connectivity index (χ0) is 22.0. The Morgan fingerprint density at radius 3 is 2.68 bits per heavy atom. The molecule has 0 atom stereocenters. The van der Waals surface area contributed by atoms with Crippen molar-refractivity contribution in [2.24, 2.45) is 0 Å². The Morgan fingerprint density at radius 2 is 1.97 bits per heavy atom. The molecule has 160 valence electrons. The SMILES string of the molecule is CN(CCOc1ccccc1)C(=O)c1cn2ccc(-c3noc(C(F)(F)F)n3)cc2n1. The van der Waals surface area contributed by atoms with Crippen LogP contribution in [0.15, 0.2) is 59.4 Å². The average molecular weight is 431 g/mol. The van der Waals surface area contributed by atoms with Crippen molar-refractivity contribution in [3.05, 3.63) is 66.4 Å². The van der Waals surface area contributed by atoms with Gasteiger partial charge in [0.05, 0.1) is 6.54 Å². The van der Waals surface area contributed by atoms with Gasteiger partial charge in [-0.15, -0.1) is 0 Å². The van der Waals surface area contributed by atoms with Gasteiger partial charge in [0.15, 0.2) is 0 Å². The number of hydrogen-bond acceptors (Lipinski definition) is 6. The number of likely N-dealkylation sites (N-methyl/N-ethyl adjacent to an activating group) is 1. The molecule has 1 amide bonds. The summed E-state index contributed by atoms with van der Waals surface area (Å²) < 4.78 is 49.4. The summed E-state index contributed by atoms with van der Waals surface area (Å²) in [6.45, 7) is 0.652. The molecule has 0 aliphatic carbocycles. The molecule has 0 aliphatic heterocycles. The number of pyridine rings is 1. The summed E-state index contributed by atoms with van der Waals surface area (Å²) in [5.74, 6) is -1.26. The van der Waals surface area contributed by atoms with E-state index in [0.29, 0.717) is 24.5 Å². The molecule has 3 aromatic heterocycles. The van der Waals surface area contributed by atoms with Crippen molar-refractivity contribution in [2.45, 2.75) is 6.18 Å². The molecular formula is C20H16F3N5O3. The normalized spacial score (nSPS) is 11.6. The number of para-hydroxylation sites is 1. The molecule has 0 radical (unpaired) electrons. The Morgan fingerprint density at radius 1 is 1.19 bits per heavy atom. The summed E-state index contributed by atoms with van der Waals surface area (Å²) in [6, 6.07) is 12.2. The maximum Gasteiger partial charge on any atom is 0.471 e. The van der Waals surface area contributed by atoms with Crippen molar-refractivity contribution in [3.63, 3.8) is 0 Å². The Bertz CT molecular complexity index is 1200. The van der Waals surface area contributed by atoms with E-state index in [4.69, 9.17) is 4.74 Å². The number of aromatic nitrogens is 4. The molecule has 0 fully saturated rings. The first kappa shape index (κ1) is 20.4. The van der Waals surface area contributed by atoms with Gasteiger partial charge in [-0.25, -0.2) is 4.98 Å². The maximum atomic E-state index is 12.7. The highest BCUT2D eigenvalue weighted by Gasteiger charge is 2.38. The van der Waals surface area contributed by atoms with E-state index in [0.717, 1.165) is 0 Å². The second kappa shape index (κ2) is 8.09. The molecule has 11 heteroatoms. The summed E-state index contributed by atoms with van der Waals surface area (Å²) in [5.41, 5.74) is 0.817. The summed E-state index contributed by atoms with van der Waals surface area (Å²) >= 11 is 0. The first-order chi connectivity index (χ1) is 14.8. The minimum Gasteiger partial charge on any atom is -0.492 e. The number of ether oxygens (including phenoxy) is 1. The van der Waals surface area contributed by atoms with Crippen LogP contribution in [0, 0.1) is 0 Å². The molecule has 4 rings (SSSR count). The topological polar surface area (TPSA) is 85.8 Å². The van der Waals surface area contributed by atoms with Gasteiger partial charge in [0.1, 0.15) is 23.7 Å². The fraction of sp³-hybridized carbons (Fsp3) is 0.200. The summed E-state index contributed by atoms with van der Waals surface area (Å²) in [4.78, 5) is 21.8. The van der Waals surface area contributed by atoms with E-state index >= 15 is 0 Å². The molecule has 0 N–H and O–H groups in total. The van der Waals surface area contributed by atoms with E-state index in [-0.39, 0.29) is 23.0 Å². The minimum absolute atomic E-state index is 0.184. The van der Waals surface area contributed by atoms with Crippen LogP contribution in [-0.2, 0) is 6.18 Å². The molecule has 3 heterocycles. The number of rotatable bonds is 6. The smallest absolute Gasteiger partial charge is 0.471 e. The molecule has 1 aromatic carbocycles. The van der Waals surface area contributed by atoms with Gasteiger partial charge in [-0.1, -0.05) is 23.4 Å². The number of hydrogen-bond donors (Lipinski definition) is 0. The molecule has 0 aliphatic rings. The highest BCUT2D eigenvalue weighted by Crippen LogP contribution is 2.29. The third-order valence-electron chi connectivity index (χ3n) is 4.39. The zero-order valence-electron chi connectivity index (χ0n) is 16.2. The Labute approximate surface area is 173 Å². The van der Waals surface area contributed by atoms with E-state index in [1.54, 1.807) is 17.6 Å². The zero-order valence-corrected chi connectivity index (χ0v) is 16.2. The Kier molecular flexibility index (Phi) is 5.32. The lowest BCUT2D eigenvalue weighted by atomic mass is 10.2. The van der Waals surface area contributed by atoms with Gasteiger partial charge >= 0.3 is 12.1 Å². The summed E-state index contributed by atoms with van der Waals surface area (Å²) in [6.07, 6.45) is -1.64. The number of benzene rings is 1. The van der Waals surface area contributed by atoms with Crippen molar-refractivity contribution in [2.75, 3.05) is 20.2 Å². The first-order valence-electron chi connectivity index (χ1n) is 9.14. The van der Waals surface area contributed by atoms with E-state index in [1.165, 1.54) is 23.2 Å². The number of imidazole rings is 1. The number of carbonyl (C=O) groups excluding carboxylic acids is 1. The Hall–Kier alpha value is -3.89. The van der Waals surface area contributed by atoms with Crippen LogP contribution < -0.4 is 4.74 Å². The van der Waals surface area contributed by atoms with Crippen molar-refractivity contribution >= 4 is 11.6 Å². The molecule has 0 saturated heterocycles. The minimum atomic E-state index is -4.73. The van der Waals surface area contributed by atoms with E-state index in [1.807, 2.05) is 30.3 Å². The van der Waals surface area contributed by atoms with Crippen LogP contribution in [-0.4, -0.2) is 50.5 Å². The quantitative estimate of drug-likeness (QED) is 0.464. The van der Waals surface area contributed by atoms with Gasteiger partial charge in [-0.05, 0) is 24.3 Å². The Balaban J connectivity index is 1.46. The van der Waals surface area contributed by atoms with E-state index < -0.39 is 12.1 Å². The molecule has 0 bridgehead atoms. The summed E-state index contributed by atoms with van der Waals surface area (Å²) in [5, 5.41) is 3.36. The predicted octanol–water partition coefficient (Wildman–Crippen LogP) is 3.55. The number of alkyl halides is 3. The van der Waals surface area contributed by atoms with Crippen LogP contribution in [0.3, 0.4) is 0 Å². The monoisotopic (exact) mass is 431 g/mol. The van der Waals surface area contributed by atoms with Gasteiger partial charge in [0.25, 0.3) is 5.91 Å². The van der Waals surface area contributed by atoms with Crippen LogP contribution in [0.2, 0.25) is 0 Å². The molecule has 0 unspecified atom stereocenters. The molecular weight excluding hydrogens is 415 g/mol. The molecule has 8 nitrogen and oxygen atoms in total. The molecule has 0 spiro atoms. The lowest BCUT2D eigenvalue weighted by molar-refractivity contribution is -0.159. The van der Waals surface area contributed by atoms with Crippen molar-refractivity contribution in [3.8, 4) is 17.1 Å². The van der Waals surface area contributed by atoms with Crippen LogP contribution in [0.1, 0.15) is 16.4 Å².